The molecule has 1 saturated heterocycles. The van der Waals surface area contributed by atoms with E-state index in [0.717, 1.165) is 17.9 Å². The number of hydrogen-bond donors (Lipinski definition) is 1. The van der Waals surface area contributed by atoms with Gasteiger partial charge in [-0.25, -0.2) is 0 Å². The summed E-state index contributed by atoms with van der Waals surface area (Å²) in [6.07, 6.45) is 7.36. The quantitative estimate of drug-likeness (QED) is 0.562. The maximum Gasteiger partial charge on any atom is 0.00955 e. The van der Waals surface area contributed by atoms with Crippen LogP contribution in [-0.4, -0.2) is 12.6 Å². The smallest absolute Gasteiger partial charge is 0.00955 e. The van der Waals surface area contributed by atoms with E-state index in [2.05, 4.69) is 12.2 Å². The van der Waals surface area contributed by atoms with Crippen LogP contribution < -0.4 is 5.32 Å². The van der Waals surface area contributed by atoms with Crippen molar-refractivity contribution in [1.82, 2.24) is 5.32 Å². The normalized spacial score (nSPS) is 45.0. The molecule has 1 N–H and O–H groups in total. The molecule has 64 valence electrons. The topological polar surface area (TPSA) is 12.0 Å². The number of fused-ring (bicyclic) bond motifs is 1. The molecule has 0 spiro atoms. The van der Waals surface area contributed by atoms with Gasteiger partial charge in [-0.05, 0) is 37.6 Å². The molecule has 0 aromatic rings. The molecule has 3 atom stereocenters. The van der Waals surface area contributed by atoms with Gasteiger partial charge >= 0.3 is 0 Å². The molecule has 0 aromatic carbocycles. The number of nitrogens with one attached hydrogen (secondary N) is 1. The Balaban J connectivity index is 1.93. The Morgan fingerprint density at radius 2 is 2.00 bits per heavy atom. The molecule has 2 unspecified atom stereocenters. The summed E-state index contributed by atoms with van der Waals surface area (Å²) in [5.41, 5.74) is 0. The molecular formula is C10H19N. The summed E-state index contributed by atoms with van der Waals surface area (Å²) in [7, 11) is 0. The zero-order chi connectivity index (χ0) is 7.68. The standard InChI is InChI=1S/C10H19N/c1-8-6-9-4-2-3-5-10(9)11-7-8/h8-11H,2-7H2,1H3/t8-,9?,10?/m0/s1. The van der Waals surface area contributed by atoms with Crippen molar-refractivity contribution < 1.29 is 0 Å². The molecule has 1 nitrogen and oxygen atoms in total. The lowest BCUT2D eigenvalue weighted by atomic mass is 9.77. The second kappa shape index (κ2) is 3.14. The Labute approximate surface area is 69.6 Å². The average molecular weight is 153 g/mol. The SMILES string of the molecule is C[C@@H]1CNC2CCCCC2C1. The summed E-state index contributed by atoms with van der Waals surface area (Å²) in [4.78, 5) is 0. The van der Waals surface area contributed by atoms with Crippen LogP contribution in [-0.2, 0) is 0 Å². The number of piperidine rings is 1. The van der Waals surface area contributed by atoms with Crippen molar-refractivity contribution in [3.8, 4) is 0 Å². The average Bonchev–Trinajstić information content (AvgIpc) is 2.04. The summed E-state index contributed by atoms with van der Waals surface area (Å²) in [5.74, 6) is 1.95. The molecule has 1 aliphatic heterocycles. The molecule has 0 amide bonds. The van der Waals surface area contributed by atoms with Crippen molar-refractivity contribution in [2.75, 3.05) is 6.54 Å². The summed E-state index contributed by atoms with van der Waals surface area (Å²) in [6, 6.07) is 0.889. The minimum absolute atomic E-state index is 0.889. The predicted molar refractivity (Wildman–Crippen MR) is 47.5 cm³/mol. The van der Waals surface area contributed by atoms with Gasteiger partial charge in [-0.15, -0.1) is 0 Å². The summed E-state index contributed by atoms with van der Waals surface area (Å²) in [6.45, 7) is 3.64. The number of rotatable bonds is 0. The third-order valence-electron chi connectivity index (χ3n) is 3.34. The summed E-state index contributed by atoms with van der Waals surface area (Å²) < 4.78 is 0. The van der Waals surface area contributed by atoms with Gasteiger partial charge < -0.3 is 5.32 Å². The van der Waals surface area contributed by atoms with Crippen molar-refractivity contribution in [2.24, 2.45) is 11.8 Å². The fourth-order valence-corrected chi connectivity index (χ4v) is 2.71. The Bertz CT molecular complexity index is 133. The van der Waals surface area contributed by atoms with E-state index in [-0.39, 0.29) is 0 Å². The van der Waals surface area contributed by atoms with E-state index in [0.29, 0.717) is 0 Å². The van der Waals surface area contributed by atoms with E-state index in [4.69, 9.17) is 0 Å². The molecule has 2 aliphatic rings. The van der Waals surface area contributed by atoms with Gasteiger partial charge in [0.2, 0.25) is 0 Å². The highest BCUT2D eigenvalue weighted by molar-refractivity contribution is 4.86. The van der Waals surface area contributed by atoms with Gasteiger partial charge in [-0.2, -0.15) is 0 Å². The largest absolute Gasteiger partial charge is 0.313 e. The van der Waals surface area contributed by atoms with Crippen LogP contribution in [0.15, 0.2) is 0 Å². The van der Waals surface area contributed by atoms with Gasteiger partial charge in [0.25, 0.3) is 0 Å². The van der Waals surface area contributed by atoms with E-state index in [1.165, 1.54) is 38.6 Å². The van der Waals surface area contributed by atoms with E-state index >= 15 is 0 Å². The molecule has 0 aromatic heterocycles. The zero-order valence-corrected chi connectivity index (χ0v) is 7.47. The van der Waals surface area contributed by atoms with Gasteiger partial charge in [0.1, 0.15) is 0 Å². The second-order valence-corrected chi connectivity index (χ2v) is 4.40. The van der Waals surface area contributed by atoms with Crippen LogP contribution >= 0.6 is 0 Å². The molecular weight excluding hydrogens is 134 g/mol. The lowest BCUT2D eigenvalue weighted by molar-refractivity contribution is 0.175. The third-order valence-corrected chi connectivity index (χ3v) is 3.34. The van der Waals surface area contributed by atoms with Crippen LogP contribution in [0, 0.1) is 11.8 Å². The van der Waals surface area contributed by atoms with Crippen LogP contribution in [0.1, 0.15) is 39.0 Å². The fourth-order valence-electron chi connectivity index (χ4n) is 2.71. The van der Waals surface area contributed by atoms with Crippen LogP contribution in [0.25, 0.3) is 0 Å². The van der Waals surface area contributed by atoms with Crippen LogP contribution in [0.2, 0.25) is 0 Å². The molecule has 1 aliphatic carbocycles. The molecule has 1 saturated carbocycles. The maximum absolute atomic E-state index is 3.67. The predicted octanol–water partition coefficient (Wildman–Crippen LogP) is 2.17. The molecule has 2 rings (SSSR count). The second-order valence-electron chi connectivity index (χ2n) is 4.40. The van der Waals surface area contributed by atoms with Crippen molar-refractivity contribution in [3.05, 3.63) is 0 Å². The highest BCUT2D eigenvalue weighted by Crippen LogP contribution is 2.32. The first-order chi connectivity index (χ1) is 5.36. The van der Waals surface area contributed by atoms with Gasteiger partial charge in [-0.3, -0.25) is 0 Å². The van der Waals surface area contributed by atoms with Gasteiger partial charge in [0.15, 0.2) is 0 Å². The Morgan fingerprint density at radius 3 is 2.91 bits per heavy atom. The highest BCUT2D eigenvalue weighted by Gasteiger charge is 2.29. The molecule has 0 bridgehead atoms. The van der Waals surface area contributed by atoms with Crippen molar-refractivity contribution >= 4 is 0 Å². The van der Waals surface area contributed by atoms with Gasteiger partial charge in [0, 0.05) is 6.04 Å². The first-order valence-electron chi connectivity index (χ1n) is 5.09. The van der Waals surface area contributed by atoms with E-state index < -0.39 is 0 Å². The lowest BCUT2D eigenvalue weighted by Crippen LogP contribution is -2.46. The molecule has 2 fully saturated rings. The van der Waals surface area contributed by atoms with Crippen molar-refractivity contribution in [2.45, 2.75) is 45.1 Å². The van der Waals surface area contributed by atoms with Crippen molar-refractivity contribution in [1.29, 1.82) is 0 Å². The van der Waals surface area contributed by atoms with E-state index in [9.17, 15) is 0 Å². The molecule has 1 heterocycles. The van der Waals surface area contributed by atoms with Crippen LogP contribution in [0.3, 0.4) is 0 Å². The maximum atomic E-state index is 3.67. The first kappa shape index (κ1) is 7.60. The summed E-state index contributed by atoms with van der Waals surface area (Å²) in [5, 5.41) is 3.67. The molecule has 0 radical (unpaired) electrons. The van der Waals surface area contributed by atoms with Crippen LogP contribution in [0.5, 0.6) is 0 Å². The highest BCUT2D eigenvalue weighted by atomic mass is 14.9. The Morgan fingerprint density at radius 1 is 1.18 bits per heavy atom. The molecule has 1 heteroatoms. The Hall–Kier alpha value is -0.0400. The Kier molecular flexibility index (Phi) is 2.17. The fraction of sp³-hybridized carbons (Fsp3) is 1.00. The van der Waals surface area contributed by atoms with Crippen LogP contribution in [0.4, 0.5) is 0 Å². The van der Waals surface area contributed by atoms with Crippen molar-refractivity contribution in [3.63, 3.8) is 0 Å². The zero-order valence-electron chi connectivity index (χ0n) is 7.47. The van der Waals surface area contributed by atoms with E-state index in [1.54, 1.807) is 0 Å². The van der Waals surface area contributed by atoms with E-state index in [1.807, 2.05) is 0 Å². The monoisotopic (exact) mass is 153 g/mol. The summed E-state index contributed by atoms with van der Waals surface area (Å²) >= 11 is 0. The third kappa shape index (κ3) is 1.58. The lowest BCUT2D eigenvalue weighted by Gasteiger charge is -2.39. The molecule has 11 heavy (non-hydrogen) atoms. The van der Waals surface area contributed by atoms with Gasteiger partial charge in [0.05, 0.1) is 0 Å². The van der Waals surface area contributed by atoms with Gasteiger partial charge in [-0.1, -0.05) is 19.8 Å². The first-order valence-corrected chi connectivity index (χ1v) is 5.09. The minimum Gasteiger partial charge on any atom is -0.313 e. The minimum atomic E-state index is 0.889. The number of hydrogen-bond acceptors (Lipinski definition) is 1.